The maximum absolute atomic E-state index is 6.15. The lowest BCUT2D eigenvalue weighted by Crippen LogP contribution is -3.00. The highest BCUT2D eigenvalue weighted by molar-refractivity contribution is 5.39. The Bertz CT molecular complexity index is 688. The van der Waals surface area contributed by atoms with Crippen molar-refractivity contribution in [3.63, 3.8) is 0 Å². The number of nitrogens with zero attached hydrogens (tertiary/aromatic N) is 1. The van der Waals surface area contributed by atoms with Crippen LogP contribution in [-0.2, 0) is 6.54 Å². The van der Waals surface area contributed by atoms with Crippen LogP contribution in [-0.4, -0.2) is 30.7 Å². The van der Waals surface area contributed by atoms with Crippen molar-refractivity contribution in [2.45, 2.75) is 65.3 Å². The molecule has 0 aromatic heterocycles. The number of para-hydroxylation sites is 1. The summed E-state index contributed by atoms with van der Waals surface area (Å²) in [5, 5.41) is 0. The molecule has 0 bridgehead atoms. The van der Waals surface area contributed by atoms with E-state index < -0.39 is 0 Å². The summed E-state index contributed by atoms with van der Waals surface area (Å²) in [4.78, 5) is 0. The van der Waals surface area contributed by atoms with E-state index in [9.17, 15) is 0 Å². The van der Waals surface area contributed by atoms with Crippen molar-refractivity contribution in [3.05, 3.63) is 65.2 Å². The highest BCUT2D eigenvalue weighted by Gasteiger charge is 2.27. The van der Waals surface area contributed by atoms with Crippen LogP contribution in [0.3, 0.4) is 0 Å². The Morgan fingerprint density at radius 2 is 1.38 bits per heavy atom. The number of hydrogen-bond acceptors (Lipinski definition) is 1. The fraction of sp³-hybridized carbons (Fsp3) is 0.538. The van der Waals surface area contributed by atoms with E-state index in [1.165, 1.54) is 85.9 Å². The van der Waals surface area contributed by atoms with Crippen LogP contribution < -0.4 is 21.7 Å². The zero-order valence-corrected chi connectivity index (χ0v) is 19.9. The van der Waals surface area contributed by atoms with E-state index in [0.29, 0.717) is 0 Å². The molecule has 0 aliphatic carbocycles. The van der Waals surface area contributed by atoms with Gasteiger partial charge in [0.2, 0.25) is 0 Å². The Hall–Kier alpha value is -1.32. The Balaban J connectivity index is 0.00000300. The lowest BCUT2D eigenvalue weighted by atomic mass is 10.0. The number of halogens is 1. The Kier molecular flexibility index (Phi) is 10.2. The summed E-state index contributed by atoms with van der Waals surface area (Å²) in [6.45, 7) is 10.3. The van der Waals surface area contributed by atoms with Crippen LogP contribution in [0.4, 0.5) is 0 Å². The Labute approximate surface area is 188 Å². The third-order valence-corrected chi connectivity index (χ3v) is 6.31. The van der Waals surface area contributed by atoms with Crippen LogP contribution in [0, 0.1) is 13.8 Å². The molecule has 0 radical (unpaired) electrons. The first-order valence-corrected chi connectivity index (χ1v) is 11.3. The van der Waals surface area contributed by atoms with Gasteiger partial charge in [0.15, 0.2) is 0 Å². The lowest BCUT2D eigenvalue weighted by Gasteiger charge is -2.40. The van der Waals surface area contributed by atoms with Gasteiger partial charge in [-0.2, -0.15) is 0 Å². The molecule has 3 heteroatoms. The number of quaternary nitrogens is 1. The smallest absolute Gasteiger partial charge is 0.125 e. The minimum atomic E-state index is 0. The van der Waals surface area contributed by atoms with Crippen molar-refractivity contribution >= 4 is 0 Å². The molecule has 1 aliphatic heterocycles. The van der Waals surface area contributed by atoms with Gasteiger partial charge >= 0.3 is 0 Å². The molecular weight excluding hydrogens is 422 g/mol. The zero-order valence-electron chi connectivity index (χ0n) is 18.3. The van der Waals surface area contributed by atoms with Crippen LogP contribution in [0.5, 0.6) is 5.75 Å². The van der Waals surface area contributed by atoms with E-state index in [4.69, 9.17) is 4.74 Å². The summed E-state index contributed by atoms with van der Waals surface area (Å²) in [6, 6.07) is 17.5. The monoisotopic (exact) mass is 459 g/mol. The number of benzene rings is 2. The number of likely N-dealkylation sites (tertiary alicyclic amines) is 1. The van der Waals surface area contributed by atoms with Crippen LogP contribution in [0.15, 0.2) is 48.5 Å². The van der Waals surface area contributed by atoms with Crippen LogP contribution >= 0.6 is 0 Å². The van der Waals surface area contributed by atoms with E-state index >= 15 is 0 Å². The minimum absolute atomic E-state index is 0. The molecular formula is C26H38BrNO. The van der Waals surface area contributed by atoms with Gasteiger partial charge in [0.25, 0.3) is 0 Å². The predicted octanol–water partition coefficient (Wildman–Crippen LogP) is 3.45. The van der Waals surface area contributed by atoms with Crippen LogP contribution in [0.2, 0.25) is 0 Å². The van der Waals surface area contributed by atoms with Crippen LogP contribution in [0.1, 0.15) is 61.6 Å². The first-order valence-electron chi connectivity index (χ1n) is 11.3. The third kappa shape index (κ3) is 7.46. The number of aryl methyl sites for hydroxylation is 2. The van der Waals surface area contributed by atoms with E-state index in [0.717, 1.165) is 18.8 Å². The number of ether oxygens (including phenoxy) is 1. The summed E-state index contributed by atoms with van der Waals surface area (Å²) >= 11 is 0. The molecule has 1 heterocycles. The molecule has 160 valence electrons. The van der Waals surface area contributed by atoms with Crippen molar-refractivity contribution in [2.24, 2.45) is 0 Å². The standard InChI is InChI=1S/C26H38NO.BrH/c1-23-14-13-15-24(2)26(23)28-21-12-11-20-27(18-9-4-3-5-10-19-27)22-25-16-7-6-8-17-25;/h6-8,13-17H,3-5,9-12,18-22H2,1-2H3;1H/q+1;/p-1. The van der Waals surface area contributed by atoms with E-state index in [-0.39, 0.29) is 17.0 Å². The molecule has 0 saturated carbocycles. The number of rotatable bonds is 8. The average molecular weight is 461 g/mol. The van der Waals surface area contributed by atoms with E-state index in [1.54, 1.807) is 0 Å². The second-order valence-corrected chi connectivity index (χ2v) is 8.70. The molecule has 29 heavy (non-hydrogen) atoms. The van der Waals surface area contributed by atoms with Crippen molar-refractivity contribution < 1.29 is 26.2 Å². The SMILES string of the molecule is Cc1cccc(C)c1OCCCC[N+]1(Cc2ccccc2)CCCCCCC1.[Br-]. The van der Waals surface area contributed by atoms with Gasteiger partial charge in [-0.05, 0) is 63.5 Å². The second kappa shape index (κ2) is 12.4. The quantitative estimate of drug-likeness (QED) is 0.433. The lowest BCUT2D eigenvalue weighted by molar-refractivity contribution is -0.942. The summed E-state index contributed by atoms with van der Waals surface area (Å²) in [6.07, 6.45) is 9.39. The van der Waals surface area contributed by atoms with Crippen molar-refractivity contribution in [1.29, 1.82) is 0 Å². The molecule has 0 spiro atoms. The Morgan fingerprint density at radius 1 is 0.759 bits per heavy atom. The topological polar surface area (TPSA) is 9.23 Å². The van der Waals surface area contributed by atoms with Gasteiger partial charge in [0.05, 0.1) is 26.2 Å². The molecule has 2 aromatic carbocycles. The zero-order chi connectivity index (χ0) is 19.7. The minimum Gasteiger partial charge on any atom is -1.00 e. The molecule has 0 atom stereocenters. The van der Waals surface area contributed by atoms with Gasteiger partial charge in [0.1, 0.15) is 12.3 Å². The van der Waals surface area contributed by atoms with Gasteiger partial charge in [0, 0.05) is 5.56 Å². The molecule has 3 rings (SSSR count). The number of hydrogen-bond donors (Lipinski definition) is 0. The van der Waals surface area contributed by atoms with Gasteiger partial charge in [-0.3, -0.25) is 0 Å². The van der Waals surface area contributed by atoms with Gasteiger partial charge < -0.3 is 26.2 Å². The molecule has 2 aromatic rings. The fourth-order valence-corrected chi connectivity index (χ4v) is 4.72. The van der Waals surface area contributed by atoms with Crippen molar-refractivity contribution in [3.8, 4) is 5.75 Å². The number of unbranched alkanes of at least 4 members (excludes halogenated alkanes) is 1. The maximum atomic E-state index is 6.15. The Morgan fingerprint density at radius 3 is 2.03 bits per heavy atom. The summed E-state index contributed by atoms with van der Waals surface area (Å²) in [5.41, 5.74) is 3.99. The summed E-state index contributed by atoms with van der Waals surface area (Å²) < 4.78 is 7.42. The van der Waals surface area contributed by atoms with Crippen LogP contribution in [0.25, 0.3) is 0 Å². The van der Waals surface area contributed by atoms with Gasteiger partial charge in [-0.25, -0.2) is 0 Å². The molecule has 0 amide bonds. The highest BCUT2D eigenvalue weighted by atomic mass is 79.9. The van der Waals surface area contributed by atoms with Crippen molar-refractivity contribution in [1.82, 2.24) is 0 Å². The predicted molar refractivity (Wildman–Crippen MR) is 119 cm³/mol. The molecule has 1 saturated heterocycles. The van der Waals surface area contributed by atoms with E-state index in [2.05, 4.69) is 62.4 Å². The first-order chi connectivity index (χ1) is 13.7. The summed E-state index contributed by atoms with van der Waals surface area (Å²) in [7, 11) is 0. The average Bonchev–Trinajstić information content (AvgIpc) is 2.67. The molecule has 0 N–H and O–H groups in total. The largest absolute Gasteiger partial charge is 1.00 e. The maximum Gasteiger partial charge on any atom is 0.125 e. The normalized spacial score (nSPS) is 16.3. The fourth-order valence-electron chi connectivity index (χ4n) is 4.72. The third-order valence-electron chi connectivity index (χ3n) is 6.31. The van der Waals surface area contributed by atoms with Gasteiger partial charge in [-0.15, -0.1) is 0 Å². The second-order valence-electron chi connectivity index (χ2n) is 8.70. The molecule has 1 aliphatic rings. The first kappa shape index (κ1) is 24.0. The van der Waals surface area contributed by atoms with Gasteiger partial charge in [-0.1, -0.05) is 55.0 Å². The molecule has 0 unspecified atom stereocenters. The van der Waals surface area contributed by atoms with E-state index in [1.807, 2.05) is 0 Å². The summed E-state index contributed by atoms with van der Waals surface area (Å²) in [5.74, 6) is 1.09. The molecule has 2 nitrogen and oxygen atoms in total. The van der Waals surface area contributed by atoms with Crippen molar-refractivity contribution in [2.75, 3.05) is 26.2 Å². The molecule has 1 fully saturated rings. The highest BCUT2D eigenvalue weighted by Crippen LogP contribution is 2.24.